The third-order valence-corrected chi connectivity index (χ3v) is 2.81. The first-order chi connectivity index (χ1) is 8.45. The van der Waals surface area contributed by atoms with E-state index in [-0.39, 0.29) is 0 Å². The van der Waals surface area contributed by atoms with Crippen molar-refractivity contribution in [2.75, 3.05) is 6.61 Å². The molecule has 0 spiro atoms. The highest BCUT2D eigenvalue weighted by Gasteiger charge is 2.35. The molecule has 18 heavy (non-hydrogen) atoms. The van der Waals surface area contributed by atoms with Gasteiger partial charge in [-0.3, -0.25) is 0 Å². The van der Waals surface area contributed by atoms with Crippen molar-refractivity contribution in [2.45, 2.75) is 23.2 Å². The van der Waals surface area contributed by atoms with Crippen molar-refractivity contribution in [3.63, 3.8) is 0 Å². The second kappa shape index (κ2) is 7.07. The van der Waals surface area contributed by atoms with E-state index < -0.39 is 15.9 Å². The van der Waals surface area contributed by atoms with Crippen molar-refractivity contribution in [2.24, 2.45) is 0 Å². The largest absolute Gasteiger partial charge is 0.450 e. The van der Waals surface area contributed by atoms with Crippen LogP contribution in [0.25, 0.3) is 0 Å². The van der Waals surface area contributed by atoms with Gasteiger partial charge in [-0.1, -0.05) is 72.1 Å². The van der Waals surface area contributed by atoms with Crippen LogP contribution in [-0.2, 0) is 4.74 Å². The molecule has 0 aromatic heterocycles. The van der Waals surface area contributed by atoms with Gasteiger partial charge in [0.25, 0.3) is 0 Å². The van der Waals surface area contributed by atoms with Crippen LogP contribution in [0.3, 0.4) is 0 Å². The minimum atomic E-state index is -1.65. The van der Waals surface area contributed by atoms with E-state index in [1.807, 2.05) is 13.0 Å². The molecule has 0 radical (unpaired) electrons. The average molecular weight is 311 g/mol. The summed E-state index contributed by atoms with van der Waals surface area (Å²) in [6.07, 6.45) is 0.133. The summed E-state index contributed by atoms with van der Waals surface area (Å²) in [5.74, 6) is 0. The second-order valence-corrected chi connectivity index (χ2v) is 6.03. The molecule has 1 N–H and O–H groups in total. The minimum absolute atomic E-state index is 0.327. The maximum absolute atomic E-state index is 11.5. The summed E-state index contributed by atoms with van der Waals surface area (Å²) in [7, 11) is 0. The lowest BCUT2D eigenvalue weighted by Gasteiger charge is -2.25. The summed E-state index contributed by atoms with van der Waals surface area (Å²) in [4.78, 5) is 11.5. The predicted molar refractivity (Wildman–Crippen MR) is 74.2 cm³/mol. The van der Waals surface area contributed by atoms with Crippen molar-refractivity contribution in [3.05, 3.63) is 35.9 Å². The molecule has 0 saturated carbocycles. The number of ether oxygens (including phenoxy) is 1. The molecule has 1 aromatic rings. The highest BCUT2D eigenvalue weighted by atomic mass is 35.6. The number of rotatable bonds is 4. The van der Waals surface area contributed by atoms with Crippen LogP contribution < -0.4 is 5.32 Å². The van der Waals surface area contributed by atoms with Gasteiger partial charge in [0.2, 0.25) is 3.79 Å². The van der Waals surface area contributed by atoms with Crippen LogP contribution in [0.4, 0.5) is 4.79 Å². The number of benzene rings is 1. The summed E-state index contributed by atoms with van der Waals surface area (Å²) in [6.45, 7) is 2.23. The van der Waals surface area contributed by atoms with Gasteiger partial charge in [0.15, 0.2) is 0 Å². The Kier molecular flexibility index (Phi) is 6.06. The van der Waals surface area contributed by atoms with E-state index in [0.717, 1.165) is 6.42 Å². The summed E-state index contributed by atoms with van der Waals surface area (Å²) in [6, 6.07) is 8.23. The lowest BCUT2D eigenvalue weighted by Crippen LogP contribution is -2.36. The molecule has 0 unspecified atom stereocenters. The first-order valence-electron chi connectivity index (χ1n) is 5.50. The lowest BCUT2D eigenvalue weighted by molar-refractivity contribution is 0.142. The molecule has 0 aliphatic heterocycles. The Morgan fingerprint density at radius 3 is 2.44 bits per heavy atom. The number of nitrogens with one attached hydrogen (secondary N) is 1. The lowest BCUT2D eigenvalue weighted by atomic mass is 10.1. The SMILES string of the molecule is CCCOC(=O)N[C@H](c1ccccc1)C(Cl)(Cl)Cl. The van der Waals surface area contributed by atoms with Crippen LogP contribution in [0.1, 0.15) is 24.9 Å². The maximum atomic E-state index is 11.5. The van der Waals surface area contributed by atoms with E-state index in [1.54, 1.807) is 24.3 Å². The fraction of sp³-hybridized carbons (Fsp3) is 0.417. The Labute approximate surface area is 121 Å². The first kappa shape index (κ1) is 15.4. The first-order valence-corrected chi connectivity index (χ1v) is 6.63. The van der Waals surface area contributed by atoms with Crippen LogP contribution in [-0.4, -0.2) is 16.5 Å². The van der Waals surface area contributed by atoms with E-state index in [1.165, 1.54) is 0 Å². The van der Waals surface area contributed by atoms with Gasteiger partial charge in [0.1, 0.15) is 6.04 Å². The Hall–Kier alpha value is -0.640. The van der Waals surface area contributed by atoms with Crippen LogP contribution >= 0.6 is 34.8 Å². The third-order valence-electron chi connectivity index (χ3n) is 2.16. The Bertz CT molecular complexity index is 379. The van der Waals surface area contributed by atoms with Crippen LogP contribution in [0, 0.1) is 0 Å². The zero-order chi connectivity index (χ0) is 13.6. The number of alkyl carbamates (subject to hydrolysis) is 1. The van der Waals surface area contributed by atoms with Crippen LogP contribution in [0.2, 0.25) is 0 Å². The Morgan fingerprint density at radius 2 is 1.94 bits per heavy atom. The summed E-state index contributed by atoms with van der Waals surface area (Å²) < 4.78 is 3.27. The molecule has 0 aliphatic rings. The van der Waals surface area contributed by atoms with Gasteiger partial charge < -0.3 is 10.1 Å². The predicted octanol–water partition coefficient (Wildman–Crippen LogP) is 4.23. The van der Waals surface area contributed by atoms with Gasteiger partial charge in [0.05, 0.1) is 6.61 Å². The zero-order valence-electron chi connectivity index (χ0n) is 9.83. The number of hydrogen-bond donors (Lipinski definition) is 1. The van der Waals surface area contributed by atoms with Gasteiger partial charge in [-0.15, -0.1) is 0 Å². The Morgan fingerprint density at radius 1 is 1.33 bits per heavy atom. The van der Waals surface area contributed by atoms with Gasteiger partial charge in [-0.05, 0) is 12.0 Å². The van der Waals surface area contributed by atoms with Crippen LogP contribution in [0.5, 0.6) is 0 Å². The molecule has 0 aliphatic carbocycles. The molecular formula is C12H14Cl3NO2. The summed E-state index contributed by atoms with van der Waals surface area (Å²) in [5.41, 5.74) is 0.700. The fourth-order valence-corrected chi connectivity index (χ4v) is 1.90. The molecule has 1 rings (SSSR count). The molecule has 0 fully saturated rings. The van der Waals surface area contributed by atoms with Crippen molar-refractivity contribution in [1.29, 1.82) is 0 Å². The number of alkyl halides is 3. The number of hydrogen-bond acceptors (Lipinski definition) is 2. The van der Waals surface area contributed by atoms with Crippen molar-refractivity contribution in [1.82, 2.24) is 5.32 Å². The van der Waals surface area contributed by atoms with E-state index in [2.05, 4.69) is 5.32 Å². The van der Waals surface area contributed by atoms with Gasteiger partial charge >= 0.3 is 6.09 Å². The highest BCUT2D eigenvalue weighted by Crippen LogP contribution is 2.39. The molecule has 100 valence electrons. The second-order valence-electron chi connectivity index (χ2n) is 3.67. The highest BCUT2D eigenvalue weighted by molar-refractivity contribution is 6.68. The molecule has 0 saturated heterocycles. The van der Waals surface area contributed by atoms with E-state index >= 15 is 0 Å². The number of halogens is 3. The third kappa shape index (κ3) is 4.92. The molecule has 0 bridgehead atoms. The average Bonchev–Trinajstić information content (AvgIpc) is 2.33. The number of amides is 1. The summed E-state index contributed by atoms with van der Waals surface area (Å²) >= 11 is 17.6. The molecule has 6 heteroatoms. The van der Waals surface area contributed by atoms with E-state index in [0.29, 0.717) is 12.2 Å². The molecule has 1 atom stereocenters. The van der Waals surface area contributed by atoms with Crippen molar-refractivity contribution >= 4 is 40.9 Å². The van der Waals surface area contributed by atoms with E-state index in [4.69, 9.17) is 39.5 Å². The van der Waals surface area contributed by atoms with Gasteiger partial charge in [-0.25, -0.2) is 4.79 Å². The summed E-state index contributed by atoms with van der Waals surface area (Å²) in [5, 5.41) is 2.55. The monoisotopic (exact) mass is 309 g/mol. The number of carbonyl (C=O) groups excluding carboxylic acids is 1. The van der Waals surface area contributed by atoms with Gasteiger partial charge in [-0.2, -0.15) is 0 Å². The van der Waals surface area contributed by atoms with Crippen LogP contribution in [0.15, 0.2) is 30.3 Å². The van der Waals surface area contributed by atoms with E-state index in [9.17, 15) is 4.79 Å². The van der Waals surface area contributed by atoms with Crippen molar-refractivity contribution < 1.29 is 9.53 Å². The molecular weight excluding hydrogens is 296 g/mol. The van der Waals surface area contributed by atoms with Crippen molar-refractivity contribution in [3.8, 4) is 0 Å². The molecule has 0 heterocycles. The molecule has 3 nitrogen and oxygen atoms in total. The van der Waals surface area contributed by atoms with Gasteiger partial charge in [0, 0.05) is 0 Å². The Balaban J connectivity index is 2.78. The standard InChI is InChI=1S/C12H14Cl3NO2/c1-2-8-18-11(17)16-10(12(13,14)15)9-6-4-3-5-7-9/h3-7,10H,2,8H2,1H3,(H,16,17)/t10-/m1/s1. The topological polar surface area (TPSA) is 38.3 Å². The fourth-order valence-electron chi connectivity index (χ4n) is 1.35. The number of carbonyl (C=O) groups is 1. The minimum Gasteiger partial charge on any atom is -0.450 e. The molecule has 1 amide bonds. The molecule has 1 aromatic carbocycles. The quantitative estimate of drug-likeness (QED) is 0.845. The maximum Gasteiger partial charge on any atom is 0.407 e. The smallest absolute Gasteiger partial charge is 0.407 e. The normalized spacial score (nSPS) is 12.9. The zero-order valence-corrected chi connectivity index (χ0v) is 12.1.